The minimum Gasteiger partial charge on any atom is -0.345 e. The van der Waals surface area contributed by atoms with Gasteiger partial charge in [-0.05, 0) is 42.5 Å². The molecule has 2 aliphatic heterocycles. The first-order valence-corrected chi connectivity index (χ1v) is 10.0. The Morgan fingerprint density at radius 3 is 2.96 bits per heavy atom. The van der Waals surface area contributed by atoms with E-state index in [2.05, 4.69) is 21.8 Å². The number of hydrogen-bond acceptors (Lipinski definition) is 4. The molecule has 0 saturated carbocycles. The van der Waals surface area contributed by atoms with Crippen LogP contribution in [0.2, 0.25) is 0 Å². The first-order chi connectivity index (χ1) is 12.0. The van der Waals surface area contributed by atoms with Crippen molar-refractivity contribution in [3.05, 3.63) is 59.3 Å². The standard InChI is InChI=1S/C18H19N3O3S/c22-18(19-16-7-3-5-13-4-1-2-6-15(13)16)14-8-9-17-20-25(23,24)11-10-21(17)12-14/h1-2,4,6,8-9,12,16H,3,5,7,10-11H2,(H,19,22)/t16-/m0/s1. The zero-order valence-corrected chi connectivity index (χ0v) is 14.5. The Morgan fingerprint density at radius 1 is 1.24 bits per heavy atom. The molecule has 4 rings (SSSR count). The van der Waals surface area contributed by atoms with E-state index in [1.54, 1.807) is 23.3 Å². The predicted molar refractivity (Wildman–Crippen MR) is 95.4 cm³/mol. The van der Waals surface area contributed by atoms with Gasteiger partial charge in [-0.25, -0.2) is 8.42 Å². The van der Waals surface area contributed by atoms with Crippen molar-refractivity contribution in [3.8, 4) is 0 Å². The highest BCUT2D eigenvalue weighted by Gasteiger charge is 2.27. The fraction of sp³-hybridized carbons (Fsp3) is 0.333. The maximum Gasteiger partial charge on any atom is 0.256 e. The number of aryl methyl sites for hydroxylation is 1. The number of carbonyl (C=O) groups excluding carboxylic acids is 1. The molecule has 1 aromatic rings. The third-order valence-corrected chi connectivity index (χ3v) is 5.92. The molecular formula is C18H19N3O3S. The fourth-order valence-electron chi connectivity index (χ4n) is 3.48. The van der Waals surface area contributed by atoms with Crippen molar-refractivity contribution in [1.29, 1.82) is 0 Å². The Bertz CT molecular complexity index is 915. The molecule has 0 radical (unpaired) electrons. The van der Waals surface area contributed by atoms with E-state index in [-0.39, 0.29) is 17.7 Å². The number of sulfonamides is 1. The molecule has 1 N–H and O–H groups in total. The summed E-state index contributed by atoms with van der Waals surface area (Å²) in [6, 6.07) is 8.24. The Labute approximate surface area is 147 Å². The van der Waals surface area contributed by atoms with Crippen LogP contribution in [0.15, 0.2) is 52.6 Å². The van der Waals surface area contributed by atoms with E-state index < -0.39 is 10.0 Å². The van der Waals surface area contributed by atoms with E-state index in [1.165, 1.54) is 11.1 Å². The molecule has 3 aliphatic rings. The number of hydrogen-bond donors (Lipinski definition) is 1. The average Bonchev–Trinajstić information content (AvgIpc) is 2.61. The third kappa shape index (κ3) is 3.24. The zero-order valence-electron chi connectivity index (χ0n) is 13.7. The predicted octanol–water partition coefficient (Wildman–Crippen LogP) is 1.68. The van der Waals surface area contributed by atoms with Gasteiger partial charge < -0.3 is 10.2 Å². The summed E-state index contributed by atoms with van der Waals surface area (Å²) in [6.45, 7) is 0.314. The molecule has 1 aromatic carbocycles. The number of fused-ring (bicyclic) bond motifs is 2. The van der Waals surface area contributed by atoms with Gasteiger partial charge in [0.25, 0.3) is 15.9 Å². The van der Waals surface area contributed by atoms with E-state index in [0.717, 1.165) is 19.3 Å². The quantitative estimate of drug-likeness (QED) is 0.873. The van der Waals surface area contributed by atoms with Crippen LogP contribution >= 0.6 is 0 Å². The van der Waals surface area contributed by atoms with E-state index in [0.29, 0.717) is 18.0 Å². The molecule has 130 valence electrons. The SMILES string of the molecule is O=C(N[C@H]1CCCc2ccccc21)C1=CN2CCS(=O)(=O)N=C2C=C1. The molecule has 0 aromatic heterocycles. The van der Waals surface area contributed by atoms with Crippen LogP contribution in [0.25, 0.3) is 0 Å². The smallest absolute Gasteiger partial charge is 0.256 e. The molecule has 6 nitrogen and oxygen atoms in total. The molecule has 2 heterocycles. The van der Waals surface area contributed by atoms with Crippen molar-refractivity contribution in [1.82, 2.24) is 10.2 Å². The molecular weight excluding hydrogens is 338 g/mol. The van der Waals surface area contributed by atoms with Crippen LogP contribution in [0, 0.1) is 0 Å². The van der Waals surface area contributed by atoms with Crippen LogP contribution in [-0.2, 0) is 21.2 Å². The largest absolute Gasteiger partial charge is 0.345 e. The van der Waals surface area contributed by atoms with Crippen molar-refractivity contribution >= 4 is 21.8 Å². The summed E-state index contributed by atoms with van der Waals surface area (Å²) in [5.74, 6) is 0.183. The first-order valence-electron chi connectivity index (χ1n) is 8.40. The lowest BCUT2D eigenvalue weighted by Gasteiger charge is -2.29. The second-order valence-corrected chi connectivity index (χ2v) is 8.22. The third-order valence-electron chi connectivity index (χ3n) is 4.76. The summed E-state index contributed by atoms with van der Waals surface area (Å²) in [5.41, 5.74) is 3.00. The van der Waals surface area contributed by atoms with Crippen molar-refractivity contribution in [2.75, 3.05) is 12.3 Å². The second kappa shape index (κ2) is 6.15. The van der Waals surface area contributed by atoms with Crippen LogP contribution in [-0.4, -0.2) is 37.4 Å². The molecule has 0 fully saturated rings. The number of nitrogens with zero attached hydrogens (tertiary/aromatic N) is 2. The maximum atomic E-state index is 12.7. The number of benzene rings is 1. The van der Waals surface area contributed by atoms with Crippen LogP contribution < -0.4 is 5.32 Å². The highest BCUT2D eigenvalue weighted by atomic mass is 32.2. The lowest BCUT2D eigenvalue weighted by atomic mass is 9.87. The van der Waals surface area contributed by atoms with Gasteiger partial charge in [0.1, 0.15) is 5.84 Å². The highest BCUT2D eigenvalue weighted by molar-refractivity contribution is 7.90. The molecule has 0 spiro atoms. The van der Waals surface area contributed by atoms with Crippen LogP contribution in [0.5, 0.6) is 0 Å². The van der Waals surface area contributed by atoms with Gasteiger partial charge in [-0.15, -0.1) is 4.40 Å². The molecule has 0 bridgehead atoms. The molecule has 0 unspecified atom stereocenters. The second-order valence-electron chi connectivity index (χ2n) is 6.46. The van der Waals surface area contributed by atoms with Crippen LogP contribution in [0.3, 0.4) is 0 Å². The lowest BCUT2D eigenvalue weighted by Crippen LogP contribution is -2.38. The van der Waals surface area contributed by atoms with Gasteiger partial charge in [0, 0.05) is 12.7 Å². The van der Waals surface area contributed by atoms with Crippen LogP contribution in [0.1, 0.15) is 30.0 Å². The lowest BCUT2D eigenvalue weighted by molar-refractivity contribution is -0.118. The van der Waals surface area contributed by atoms with E-state index >= 15 is 0 Å². The number of carbonyl (C=O) groups is 1. The minimum absolute atomic E-state index is 0.0172. The number of amidine groups is 1. The Balaban J connectivity index is 1.52. The van der Waals surface area contributed by atoms with Gasteiger partial charge in [0.05, 0.1) is 17.4 Å². The Hall–Kier alpha value is -2.41. The van der Waals surface area contributed by atoms with Gasteiger partial charge in [0.15, 0.2) is 0 Å². The molecule has 1 amide bonds. The van der Waals surface area contributed by atoms with E-state index in [4.69, 9.17) is 0 Å². The Kier molecular flexibility index (Phi) is 3.95. The van der Waals surface area contributed by atoms with Crippen molar-refractivity contribution in [2.45, 2.75) is 25.3 Å². The van der Waals surface area contributed by atoms with Gasteiger partial charge in [-0.1, -0.05) is 24.3 Å². The minimum atomic E-state index is -3.38. The van der Waals surface area contributed by atoms with Crippen molar-refractivity contribution < 1.29 is 13.2 Å². The number of rotatable bonds is 2. The maximum absolute atomic E-state index is 12.7. The monoisotopic (exact) mass is 357 g/mol. The molecule has 7 heteroatoms. The zero-order chi connectivity index (χ0) is 17.4. The van der Waals surface area contributed by atoms with Crippen LogP contribution in [0.4, 0.5) is 0 Å². The van der Waals surface area contributed by atoms with Crippen molar-refractivity contribution in [2.24, 2.45) is 4.40 Å². The number of nitrogens with one attached hydrogen (secondary N) is 1. The summed E-state index contributed by atoms with van der Waals surface area (Å²) in [4.78, 5) is 14.4. The van der Waals surface area contributed by atoms with Gasteiger partial charge in [0.2, 0.25) is 0 Å². The summed E-state index contributed by atoms with van der Waals surface area (Å²) in [6.07, 6.45) is 7.91. The summed E-state index contributed by atoms with van der Waals surface area (Å²) in [7, 11) is -3.38. The van der Waals surface area contributed by atoms with E-state index in [9.17, 15) is 13.2 Å². The fourth-order valence-corrected chi connectivity index (χ4v) is 4.45. The van der Waals surface area contributed by atoms with E-state index in [1.807, 2.05) is 12.1 Å². The Morgan fingerprint density at radius 2 is 2.08 bits per heavy atom. The first kappa shape index (κ1) is 16.1. The molecule has 25 heavy (non-hydrogen) atoms. The summed E-state index contributed by atoms with van der Waals surface area (Å²) < 4.78 is 26.8. The average molecular weight is 357 g/mol. The topological polar surface area (TPSA) is 78.8 Å². The van der Waals surface area contributed by atoms with Gasteiger partial charge >= 0.3 is 0 Å². The van der Waals surface area contributed by atoms with Gasteiger partial charge in [-0.2, -0.15) is 0 Å². The summed E-state index contributed by atoms with van der Waals surface area (Å²) >= 11 is 0. The molecule has 1 atom stereocenters. The molecule has 0 saturated heterocycles. The highest BCUT2D eigenvalue weighted by Crippen LogP contribution is 2.29. The van der Waals surface area contributed by atoms with Crippen molar-refractivity contribution in [3.63, 3.8) is 0 Å². The normalized spacial score (nSPS) is 23.8. The number of amides is 1. The summed E-state index contributed by atoms with van der Waals surface area (Å²) in [5, 5.41) is 3.11. The molecule has 1 aliphatic carbocycles. The van der Waals surface area contributed by atoms with Gasteiger partial charge in [-0.3, -0.25) is 4.79 Å².